The molecule has 0 aliphatic rings. The van der Waals surface area contributed by atoms with E-state index in [0.717, 1.165) is 24.3 Å². The van der Waals surface area contributed by atoms with Crippen molar-refractivity contribution in [1.82, 2.24) is 5.32 Å². The molecule has 0 saturated carbocycles. The molecule has 1 aromatic carbocycles. The van der Waals surface area contributed by atoms with Crippen LogP contribution in [0.1, 0.15) is 37.4 Å². The van der Waals surface area contributed by atoms with E-state index in [-0.39, 0.29) is 6.61 Å². The summed E-state index contributed by atoms with van der Waals surface area (Å²) in [5, 5.41) is 11.9. The summed E-state index contributed by atoms with van der Waals surface area (Å²) in [7, 11) is 0. The summed E-state index contributed by atoms with van der Waals surface area (Å²) in [5.41, 5.74) is 2.32. The molecule has 92 valence electrons. The van der Waals surface area contributed by atoms with E-state index < -0.39 is 0 Å². The number of hydrogen-bond donors (Lipinski definition) is 1. The van der Waals surface area contributed by atoms with Crippen molar-refractivity contribution in [1.29, 1.82) is 5.26 Å². The third kappa shape index (κ3) is 4.08. The Kier molecular flexibility index (Phi) is 5.51. The first-order chi connectivity index (χ1) is 8.19. The Hall–Kier alpha value is -1.53. The molecule has 1 rings (SSSR count). The molecule has 0 saturated heterocycles. The Morgan fingerprint density at radius 3 is 2.82 bits per heavy atom. The normalized spacial score (nSPS) is 11.9. The molecule has 3 nitrogen and oxygen atoms in total. The van der Waals surface area contributed by atoms with Crippen LogP contribution in [-0.4, -0.2) is 13.2 Å². The first-order valence-corrected chi connectivity index (χ1v) is 6.02. The molecule has 3 heteroatoms. The second-order valence-electron chi connectivity index (χ2n) is 4.15. The number of ether oxygens (including phenoxy) is 1. The second-order valence-corrected chi connectivity index (χ2v) is 4.15. The Labute approximate surface area is 103 Å². The smallest absolute Gasteiger partial charge is 0.174 e. The van der Waals surface area contributed by atoms with Crippen molar-refractivity contribution < 1.29 is 4.74 Å². The zero-order valence-electron chi connectivity index (χ0n) is 10.8. The minimum atomic E-state index is 0.101. The third-order valence-electron chi connectivity index (χ3n) is 2.69. The number of nitrogens with one attached hydrogen (secondary N) is 1. The molecule has 1 atom stereocenters. The van der Waals surface area contributed by atoms with Gasteiger partial charge in [0.15, 0.2) is 6.61 Å². The Morgan fingerprint density at radius 2 is 2.24 bits per heavy atom. The SMILES string of the molecule is CCCNC(C)c1ccc(OCC#N)c(C)c1. The minimum absolute atomic E-state index is 0.101. The van der Waals surface area contributed by atoms with Crippen LogP contribution in [0.5, 0.6) is 5.75 Å². The maximum absolute atomic E-state index is 8.47. The van der Waals surface area contributed by atoms with Crippen molar-refractivity contribution in [3.8, 4) is 11.8 Å². The van der Waals surface area contributed by atoms with Crippen molar-refractivity contribution in [2.75, 3.05) is 13.2 Å². The summed E-state index contributed by atoms with van der Waals surface area (Å²) in [6.07, 6.45) is 1.13. The molecular formula is C14H20N2O. The number of rotatable bonds is 6. The fourth-order valence-corrected chi connectivity index (χ4v) is 1.69. The molecular weight excluding hydrogens is 212 g/mol. The van der Waals surface area contributed by atoms with Gasteiger partial charge in [-0.15, -0.1) is 0 Å². The molecule has 17 heavy (non-hydrogen) atoms. The first-order valence-electron chi connectivity index (χ1n) is 6.02. The molecule has 0 spiro atoms. The molecule has 0 aliphatic heterocycles. The zero-order valence-corrected chi connectivity index (χ0v) is 10.8. The molecule has 0 aliphatic carbocycles. The molecule has 0 bridgehead atoms. The lowest BCUT2D eigenvalue weighted by Gasteiger charge is -2.15. The van der Waals surface area contributed by atoms with Gasteiger partial charge in [0.25, 0.3) is 0 Å². The number of hydrogen-bond acceptors (Lipinski definition) is 3. The zero-order chi connectivity index (χ0) is 12.7. The number of aryl methyl sites for hydroxylation is 1. The maximum Gasteiger partial charge on any atom is 0.174 e. The molecule has 0 aromatic heterocycles. The summed E-state index contributed by atoms with van der Waals surface area (Å²) < 4.78 is 5.32. The first kappa shape index (κ1) is 13.5. The second kappa shape index (κ2) is 6.93. The van der Waals surface area contributed by atoms with E-state index in [1.165, 1.54) is 5.56 Å². The van der Waals surface area contributed by atoms with Crippen molar-refractivity contribution in [3.63, 3.8) is 0 Å². The fraction of sp³-hybridized carbons (Fsp3) is 0.500. The molecule has 1 unspecified atom stereocenters. The van der Waals surface area contributed by atoms with E-state index in [4.69, 9.17) is 10.00 Å². The lowest BCUT2D eigenvalue weighted by Crippen LogP contribution is -2.19. The Morgan fingerprint density at radius 1 is 1.47 bits per heavy atom. The molecule has 1 aromatic rings. The molecule has 0 heterocycles. The fourth-order valence-electron chi connectivity index (χ4n) is 1.69. The van der Waals surface area contributed by atoms with Crippen LogP contribution < -0.4 is 10.1 Å². The van der Waals surface area contributed by atoms with Gasteiger partial charge in [-0.3, -0.25) is 0 Å². The predicted octanol–water partition coefficient (Wildman–Crippen LogP) is 2.96. The van der Waals surface area contributed by atoms with Crippen molar-refractivity contribution in [2.45, 2.75) is 33.2 Å². The van der Waals surface area contributed by atoms with Crippen LogP contribution in [0.3, 0.4) is 0 Å². The largest absolute Gasteiger partial charge is 0.478 e. The minimum Gasteiger partial charge on any atom is -0.478 e. The molecule has 1 N–H and O–H groups in total. The lowest BCUT2D eigenvalue weighted by molar-refractivity contribution is 0.365. The average molecular weight is 232 g/mol. The van der Waals surface area contributed by atoms with Gasteiger partial charge in [0.2, 0.25) is 0 Å². The summed E-state index contributed by atoms with van der Waals surface area (Å²) in [5.74, 6) is 0.790. The van der Waals surface area contributed by atoms with E-state index in [2.05, 4.69) is 25.2 Å². The summed E-state index contributed by atoms with van der Waals surface area (Å²) in [6, 6.07) is 8.42. The van der Waals surface area contributed by atoms with Crippen LogP contribution in [0.2, 0.25) is 0 Å². The van der Waals surface area contributed by atoms with Crippen molar-refractivity contribution in [3.05, 3.63) is 29.3 Å². The third-order valence-corrected chi connectivity index (χ3v) is 2.69. The highest BCUT2D eigenvalue weighted by Gasteiger charge is 2.06. The van der Waals surface area contributed by atoms with Crippen molar-refractivity contribution >= 4 is 0 Å². The van der Waals surface area contributed by atoms with Crippen LogP contribution in [-0.2, 0) is 0 Å². The Bertz CT molecular complexity index is 396. The van der Waals surface area contributed by atoms with Crippen LogP contribution in [0, 0.1) is 18.3 Å². The van der Waals surface area contributed by atoms with Crippen LogP contribution in [0.25, 0.3) is 0 Å². The van der Waals surface area contributed by atoms with Gasteiger partial charge < -0.3 is 10.1 Å². The summed E-state index contributed by atoms with van der Waals surface area (Å²) in [6.45, 7) is 7.43. The number of nitriles is 1. The van der Waals surface area contributed by atoms with Gasteiger partial charge in [-0.2, -0.15) is 5.26 Å². The van der Waals surface area contributed by atoms with Gasteiger partial charge >= 0.3 is 0 Å². The standard InChI is InChI=1S/C14H20N2O/c1-4-8-16-12(3)13-5-6-14(11(2)10-13)17-9-7-15/h5-6,10,12,16H,4,8-9H2,1-3H3. The van der Waals surface area contributed by atoms with Gasteiger partial charge in [0.05, 0.1) is 0 Å². The van der Waals surface area contributed by atoms with Crippen molar-refractivity contribution in [2.24, 2.45) is 0 Å². The van der Waals surface area contributed by atoms with E-state index in [9.17, 15) is 0 Å². The predicted molar refractivity (Wildman–Crippen MR) is 69.0 cm³/mol. The van der Waals surface area contributed by atoms with Gasteiger partial charge in [0.1, 0.15) is 11.8 Å². The lowest BCUT2D eigenvalue weighted by atomic mass is 10.0. The number of nitrogens with zero attached hydrogens (tertiary/aromatic N) is 1. The van der Waals surface area contributed by atoms with E-state index >= 15 is 0 Å². The maximum atomic E-state index is 8.47. The van der Waals surface area contributed by atoms with E-state index in [1.807, 2.05) is 25.1 Å². The monoisotopic (exact) mass is 232 g/mol. The van der Waals surface area contributed by atoms with Crippen LogP contribution >= 0.6 is 0 Å². The summed E-state index contributed by atoms with van der Waals surface area (Å²) in [4.78, 5) is 0. The van der Waals surface area contributed by atoms with Gasteiger partial charge in [-0.05, 0) is 44.0 Å². The molecule has 0 fully saturated rings. The van der Waals surface area contributed by atoms with E-state index in [0.29, 0.717) is 6.04 Å². The topological polar surface area (TPSA) is 45.0 Å². The van der Waals surface area contributed by atoms with Crippen LogP contribution in [0.4, 0.5) is 0 Å². The highest BCUT2D eigenvalue weighted by atomic mass is 16.5. The van der Waals surface area contributed by atoms with Gasteiger partial charge in [-0.25, -0.2) is 0 Å². The van der Waals surface area contributed by atoms with Gasteiger partial charge in [0, 0.05) is 6.04 Å². The van der Waals surface area contributed by atoms with Gasteiger partial charge in [-0.1, -0.05) is 19.1 Å². The highest BCUT2D eigenvalue weighted by molar-refractivity contribution is 5.37. The van der Waals surface area contributed by atoms with Crippen LogP contribution in [0.15, 0.2) is 18.2 Å². The molecule has 0 radical (unpaired) electrons. The summed E-state index contributed by atoms with van der Waals surface area (Å²) >= 11 is 0. The van der Waals surface area contributed by atoms with E-state index in [1.54, 1.807) is 0 Å². The Balaban J connectivity index is 2.71. The number of benzene rings is 1. The quantitative estimate of drug-likeness (QED) is 0.820. The highest BCUT2D eigenvalue weighted by Crippen LogP contribution is 2.22. The average Bonchev–Trinajstić information content (AvgIpc) is 2.34. The molecule has 0 amide bonds.